The average Bonchev–Trinajstić information content (AvgIpc) is 2.38. The van der Waals surface area contributed by atoms with Gasteiger partial charge in [0.25, 0.3) is 0 Å². The quantitative estimate of drug-likeness (QED) is 0.711. The molecule has 1 fully saturated rings. The molecule has 0 bridgehead atoms. The van der Waals surface area contributed by atoms with E-state index in [2.05, 4.69) is 0 Å². The smallest absolute Gasteiger partial charge is 0.306 e. The van der Waals surface area contributed by atoms with Crippen molar-refractivity contribution in [3.05, 3.63) is 0 Å². The highest BCUT2D eigenvalue weighted by molar-refractivity contribution is 5.83. The van der Waals surface area contributed by atoms with E-state index < -0.39 is 5.97 Å². The molecule has 5 heteroatoms. The number of hydrogen-bond acceptors (Lipinski definition) is 4. The van der Waals surface area contributed by atoms with Crippen molar-refractivity contribution in [1.29, 1.82) is 0 Å². The third-order valence-corrected chi connectivity index (χ3v) is 3.64. The summed E-state index contributed by atoms with van der Waals surface area (Å²) in [5, 5.41) is 8.86. The van der Waals surface area contributed by atoms with Crippen LogP contribution in [0.5, 0.6) is 0 Å². The van der Waals surface area contributed by atoms with Gasteiger partial charge in [-0.15, -0.1) is 0 Å². The van der Waals surface area contributed by atoms with Gasteiger partial charge in [0.1, 0.15) is 11.6 Å². The van der Waals surface area contributed by atoms with Gasteiger partial charge in [-0.2, -0.15) is 0 Å². The lowest BCUT2D eigenvalue weighted by atomic mass is 9.79. The Bertz CT molecular complexity index is 319. The second kappa shape index (κ2) is 7.26. The normalized spacial score (nSPS) is 23.6. The molecular weight excluding hydrogens is 234 g/mol. The maximum Gasteiger partial charge on any atom is 0.306 e. The van der Waals surface area contributed by atoms with Crippen molar-refractivity contribution in [2.45, 2.75) is 44.9 Å². The highest BCUT2D eigenvalue weighted by Gasteiger charge is 2.29. The van der Waals surface area contributed by atoms with Gasteiger partial charge in [-0.3, -0.25) is 14.4 Å². The summed E-state index contributed by atoms with van der Waals surface area (Å²) in [6, 6.07) is 0. The molecule has 0 aromatic rings. The largest absolute Gasteiger partial charge is 0.481 e. The zero-order valence-corrected chi connectivity index (χ0v) is 10.6. The highest BCUT2D eigenvalue weighted by Crippen LogP contribution is 2.30. The van der Waals surface area contributed by atoms with E-state index in [9.17, 15) is 14.4 Å². The molecule has 0 unspecified atom stereocenters. The SMILES string of the molecule is NCC(=O)CCCC(=O)C1CCC(C(=O)O)CC1. The van der Waals surface area contributed by atoms with E-state index in [-0.39, 0.29) is 29.9 Å². The fourth-order valence-electron chi connectivity index (χ4n) is 2.43. The molecule has 0 aliphatic heterocycles. The minimum atomic E-state index is -0.755. The molecule has 3 N–H and O–H groups in total. The van der Waals surface area contributed by atoms with Crippen LogP contribution in [0.25, 0.3) is 0 Å². The van der Waals surface area contributed by atoms with Crippen molar-refractivity contribution in [3.63, 3.8) is 0 Å². The fraction of sp³-hybridized carbons (Fsp3) is 0.769. The van der Waals surface area contributed by atoms with Crippen LogP contribution in [0, 0.1) is 11.8 Å². The van der Waals surface area contributed by atoms with Gasteiger partial charge in [-0.1, -0.05) is 0 Å². The standard InChI is InChI=1S/C13H21NO4/c14-8-11(15)2-1-3-12(16)9-4-6-10(7-5-9)13(17)18/h9-10H,1-8,14H2,(H,17,18). The van der Waals surface area contributed by atoms with E-state index in [4.69, 9.17) is 10.8 Å². The number of rotatable bonds is 7. The molecule has 0 saturated heterocycles. The van der Waals surface area contributed by atoms with Gasteiger partial charge in [0.15, 0.2) is 0 Å². The molecule has 1 aliphatic carbocycles. The zero-order chi connectivity index (χ0) is 13.5. The summed E-state index contributed by atoms with van der Waals surface area (Å²) in [7, 11) is 0. The summed E-state index contributed by atoms with van der Waals surface area (Å²) < 4.78 is 0. The summed E-state index contributed by atoms with van der Waals surface area (Å²) in [5.41, 5.74) is 5.19. The van der Waals surface area contributed by atoms with Crippen LogP contribution in [-0.4, -0.2) is 29.2 Å². The maximum atomic E-state index is 11.9. The average molecular weight is 255 g/mol. The summed E-state index contributed by atoms with van der Waals surface area (Å²) in [4.78, 5) is 33.6. The lowest BCUT2D eigenvalue weighted by molar-refractivity contribution is -0.144. The van der Waals surface area contributed by atoms with Crippen LogP contribution >= 0.6 is 0 Å². The Kier molecular flexibility index (Phi) is 5.98. The number of carboxylic acid groups (broad SMARTS) is 1. The van der Waals surface area contributed by atoms with E-state index >= 15 is 0 Å². The van der Waals surface area contributed by atoms with Crippen molar-refractivity contribution in [1.82, 2.24) is 0 Å². The lowest BCUT2D eigenvalue weighted by Gasteiger charge is -2.24. The summed E-state index contributed by atoms with van der Waals surface area (Å²) >= 11 is 0. The summed E-state index contributed by atoms with van der Waals surface area (Å²) in [6.45, 7) is 0.0396. The lowest BCUT2D eigenvalue weighted by Crippen LogP contribution is -2.26. The number of carboxylic acids is 1. The van der Waals surface area contributed by atoms with Gasteiger partial charge in [-0.25, -0.2) is 0 Å². The Labute approximate surface area is 107 Å². The van der Waals surface area contributed by atoms with Crippen molar-refractivity contribution in [3.8, 4) is 0 Å². The van der Waals surface area contributed by atoms with E-state index in [0.29, 0.717) is 44.9 Å². The van der Waals surface area contributed by atoms with Crippen molar-refractivity contribution in [2.75, 3.05) is 6.54 Å². The van der Waals surface area contributed by atoms with Crippen LogP contribution in [0.3, 0.4) is 0 Å². The molecular formula is C13H21NO4. The van der Waals surface area contributed by atoms with Gasteiger partial charge >= 0.3 is 5.97 Å². The van der Waals surface area contributed by atoms with Gasteiger partial charge in [0.2, 0.25) is 0 Å². The van der Waals surface area contributed by atoms with Crippen molar-refractivity contribution < 1.29 is 19.5 Å². The highest BCUT2D eigenvalue weighted by atomic mass is 16.4. The van der Waals surface area contributed by atoms with Gasteiger partial charge in [0.05, 0.1) is 12.5 Å². The number of hydrogen-bond donors (Lipinski definition) is 2. The third kappa shape index (κ3) is 4.56. The van der Waals surface area contributed by atoms with E-state index in [0.717, 1.165) is 0 Å². The first-order valence-corrected chi connectivity index (χ1v) is 6.52. The van der Waals surface area contributed by atoms with Crippen LogP contribution in [0.4, 0.5) is 0 Å². The van der Waals surface area contributed by atoms with Crippen LogP contribution in [0.2, 0.25) is 0 Å². The molecule has 0 spiro atoms. The number of carbonyl (C=O) groups excluding carboxylic acids is 2. The molecule has 102 valence electrons. The Morgan fingerprint density at radius 1 is 1.00 bits per heavy atom. The first kappa shape index (κ1) is 14.8. The van der Waals surface area contributed by atoms with Crippen LogP contribution in [0.15, 0.2) is 0 Å². The minimum absolute atomic E-state index is 0.00595. The summed E-state index contributed by atoms with van der Waals surface area (Å²) in [5.74, 6) is -0.892. The minimum Gasteiger partial charge on any atom is -0.481 e. The summed E-state index contributed by atoms with van der Waals surface area (Å²) in [6.07, 6.45) is 3.86. The maximum absolute atomic E-state index is 11.9. The van der Waals surface area contributed by atoms with Crippen LogP contribution in [-0.2, 0) is 14.4 Å². The third-order valence-electron chi connectivity index (χ3n) is 3.64. The molecule has 0 amide bonds. The monoisotopic (exact) mass is 255 g/mol. The molecule has 5 nitrogen and oxygen atoms in total. The molecule has 0 aromatic carbocycles. The number of carbonyl (C=O) groups is 3. The molecule has 1 aliphatic rings. The number of Topliss-reactive ketones (excluding diaryl/α,β-unsaturated/α-hetero) is 2. The van der Waals surface area contributed by atoms with Crippen molar-refractivity contribution in [2.24, 2.45) is 17.6 Å². The van der Waals surface area contributed by atoms with Gasteiger partial charge in [-0.05, 0) is 32.1 Å². The molecule has 1 saturated carbocycles. The topological polar surface area (TPSA) is 97.5 Å². The second-order valence-corrected chi connectivity index (χ2v) is 4.95. The predicted molar refractivity (Wildman–Crippen MR) is 66.0 cm³/mol. The van der Waals surface area contributed by atoms with E-state index in [1.165, 1.54) is 0 Å². The predicted octanol–water partition coefficient (Wildman–Crippen LogP) is 1.14. The molecule has 0 atom stereocenters. The molecule has 0 aromatic heterocycles. The first-order chi connectivity index (χ1) is 8.54. The second-order valence-electron chi connectivity index (χ2n) is 4.95. The van der Waals surface area contributed by atoms with E-state index in [1.54, 1.807) is 0 Å². The van der Waals surface area contributed by atoms with Crippen LogP contribution in [0.1, 0.15) is 44.9 Å². The molecule has 1 rings (SSSR count). The number of nitrogens with two attached hydrogens (primary N) is 1. The Morgan fingerprint density at radius 2 is 1.56 bits per heavy atom. The zero-order valence-electron chi connectivity index (χ0n) is 10.6. The van der Waals surface area contributed by atoms with Crippen molar-refractivity contribution >= 4 is 17.5 Å². The Morgan fingerprint density at radius 3 is 2.06 bits per heavy atom. The van der Waals surface area contributed by atoms with Crippen LogP contribution < -0.4 is 5.73 Å². The molecule has 18 heavy (non-hydrogen) atoms. The molecule has 0 heterocycles. The number of ketones is 2. The Hall–Kier alpha value is -1.23. The molecule has 0 radical (unpaired) electrons. The van der Waals surface area contributed by atoms with E-state index in [1.807, 2.05) is 0 Å². The van der Waals surface area contributed by atoms with Gasteiger partial charge in [0, 0.05) is 18.8 Å². The van der Waals surface area contributed by atoms with Gasteiger partial charge < -0.3 is 10.8 Å². The Balaban J connectivity index is 2.24. The number of aliphatic carboxylic acids is 1. The first-order valence-electron chi connectivity index (χ1n) is 6.52. The fourth-order valence-corrected chi connectivity index (χ4v) is 2.43.